The van der Waals surface area contributed by atoms with Crippen molar-refractivity contribution >= 4 is 23.2 Å². The lowest BCUT2D eigenvalue weighted by Crippen LogP contribution is -2.54. The van der Waals surface area contributed by atoms with Crippen LogP contribution >= 0.6 is 0 Å². The van der Waals surface area contributed by atoms with Gasteiger partial charge in [-0.15, -0.1) is 0 Å². The minimum absolute atomic E-state index is 0.122. The van der Waals surface area contributed by atoms with Crippen LogP contribution in [0, 0.1) is 5.82 Å². The van der Waals surface area contributed by atoms with Gasteiger partial charge in [0.2, 0.25) is 12.0 Å². The number of nitrogens with one attached hydrogen (secondary N) is 1. The SMILES string of the molecule is CC(=O)NCC1CC(c2ccc(N3CCN(C(=O)C4COc5ccccc5O4)CC3)c(F)c2)=NO1. The van der Waals surface area contributed by atoms with E-state index in [4.69, 9.17) is 14.3 Å². The maximum Gasteiger partial charge on any atom is 0.267 e. The molecule has 3 aliphatic rings. The molecule has 2 aromatic carbocycles. The molecule has 2 unspecified atom stereocenters. The molecule has 0 aliphatic carbocycles. The predicted octanol–water partition coefficient (Wildman–Crippen LogP) is 1.94. The summed E-state index contributed by atoms with van der Waals surface area (Å²) in [7, 11) is 0. The van der Waals surface area contributed by atoms with Crippen molar-refractivity contribution in [1.29, 1.82) is 0 Å². The zero-order chi connectivity index (χ0) is 24.4. The summed E-state index contributed by atoms with van der Waals surface area (Å²) in [6.07, 6.45) is -0.442. The molecule has 2 amide bonds. The van der Waals surface area contributed by atoms with Crippen LogP contribution in [0.15, 0.2) is 47.6 Å². The van der Waals surface area contributed by atoms with Crippen LogP contribution in [0.5, 0.6) is 11.5 Å². The third kappa shape index (κ3) is 5.01. The quantitative estimate of drug-likeness (QED) is 0.701. The molecule has 10 heteroatoms. The number of rotatable bonds is 5. The second-order valence-corrected chi connectivity index (χ2v) is 8.75. The second kappa shape index (κ2) is 9.81. The molecule has 1 fully saturated rings. The number of fused-ring (bicyclic) bond motifs is 1. The van der Waals surface area contributed by atoms with E-state index >= 15 is 4.39 Å². The van der Waals surface area contributed by atoms with Gasteiger partial charge >= 0.3 is 0 Å². The summed E-state index contributed by atoms with van der Waals surface area (Å²) >= 11 is 0. The van der Waals surface area contributed by atoms with Gasteiger partial charge < -0.3 is 29.4 Å². The van der Waals surface area contributed by atoms with Gasteiger partial charge in [0.15, 0.2) is 11.5 Å². The molecule has 1 saturated heterocycles. The lowest BCUT2D eigenvalue weighted by Gasteiger charge is -2.38. The number of hydrogen-bond donors (Lipinski definition) is 1. The molecule has 3 heterocycles. The van der Waals surface area contributed by atoms with E-state index in [0.29, 0.717) is 67.6 Å². The highest BCUT2D eigenvalue weighted by Crippen LogP contribution is 2.31. The number of amides is 2. The maximum atomic E-state index is 15.0. The number of halogens is 1. The lowest BCUT2D eigenvalue weighted by atomic mass is 10.0. The molecule has 35 heavy (non-hydrogen) atoms. The van der Waals surface area contributed by atoms with Crippen LogP contribution < -0.4 is 19.7 Å². The summed E-state index contributed by atoms with van der Waals surface area (Å²) in [6, 6.07) is 12.3. The second-order valence-electron chi connectivity index (χ2n) is 8.75. The number of carbonyl (C=O) groups excluding carboxylic acids is 2. The molecule has 1 N–H and O–H groups in total. The Labute approximate surface area is 202 Å². The van der Waals surface area contributed by atoms with Gasteiger partial charge in [-0.25, -0.2) is 4.39 Å². The molecular formula is C25H27FN4O5. The minimum Gasteiger partial charge on any atom is -0.485 e. The van der Waals surface area contributed by atoms with Crippen molar-refractivity contribution in [3.05, 3.63) is 53.8 Å². The van der Waals surface area contributed by atoms with Crippen molar-refractivity contribution in [3.63, 3.8) is 0 Å². The van der Waals surface area contributed by atoms with E-state index < -0.39 is 6.10 Å². The fourth-order valence-corrected chi connectivity index (χ4v) is 4.42. The maximum absolute atomic E-state index is 15.0. The van der Waals surface area contributed by atoms with E-state index in [1.165, 1.54) is 13.0 Å². The number of hydrogen-bond acceptors (Lipinski definition) is 7. The highest BCUT2D eigenvalue weighted by Gasteiger charge is 2.33. The Morgan fingerprint density at radius 2 is 1.89 bits per heavy atom. The van der Waals surface area contributed by atoms with Gasteiger partial charge in [-0.1, -0.05) is 23.4 Å². The van der Waals surface area contributed by atoms with Gasteiger partial charge in [-0.05, 0) is 24.3 Å². The van der Waals surface area contributed by atoms with E-state index in [9.17, 15) is 9.59 Å². The topological polar surface area (TPSA) is 92.7 Å². The van der Waals surface area contributed by atoms with E-state index in [-0.39, 0.29) is 30.3 Å². The highest BCUT2D eigenvalue weighted by atomic mass is 19.1. The van der Waals surface area contributed by atoms with Crippen LogP contribution in [0.3, 0.4) is 0 Å². The molecule has 0 spiro atoms. The summed E-state index contributed by atoms with van der Waals surface area (Å²) in [5.74, 6) is 0.596. The molecule has 9 nitrogen and oxygen atoms in total. The number of carbonyl (C=O) groups is 2. The normalized spacial score (nSPS) is 21.3. The number of para-hydroxylation sites is 2. The Kier molecular flexibility index (Phi) is 6.43. The largest absolute Gasteiger partial charge is 0.485 e. The van der Waals surface area contributed by atoms with Crippen molar-refractivity contribution in [3.8, 4) is 11.5 Å². The number of anilines is 1. The molecule has 2 aromatic rings. The van der Waals surface area contributed by atoms with Crippen molar-refractivity contribution in [1.82, 2.24) is 10.2 Å². The van der Waals surface area contributed by atoms with Crippen LogP contribution in [-0.4, -0.2) is 74.0 Å². The van der Waals surface area contributed by atoms with Crippen molar-refractivity contribution in [2.75, 3.05) is 44.2 Å². The lowest BCUT2D eigenvalue weighted by molar-refractivity contribution is -0.141. The summed E-state index contributed by atoms with van der Waals surface area (Å²) in [5.41, 5.74) is 1.79. The molecule has 184 valence electrons. The number of benzene rings is 2. The third-order valence-electron chi connectivity index (χ3n) is 6.31. The van der Waals surface area contributed by atoms with Crippen molar-refractivity contribution < 1.29 is 28.3 Å². The smallest absolute Gasteiger partial charge is 0.267 e. The summed E-state index contributed by atoms with van der Waals surface area (Å²) in [5, 5.41) is 6.75. The van der Waals surface area contributed by atoms with Crippen LogP contribution in [0.4, 0.5) is 10.1 Å². The van der Waals surface area contributed by atoms with E-state index in [2.05, 4.69) is 10.5 Å². The van der Waals surface area contributed by atoms with Gasteiger partial charge in [0.25, 0.3) is 5.91 Å². The first-order chi connectivity index (χ1) is 17.0. The molecule has 0 bridgehead atoms. The summed E-state index contributed by atoms with van der Waals surface area (Å²) in [6.45, 7) is 3.92. The zero-order valence-electron chi connectivity index (χ0n) is 19.4. The molecule has 2 atom stereocenters. The fourth-order valence-electron chi connectivity index (χ4n) is 4.42. The number of nitrogens with zero attached hydrogens (tertiary/aromatic N) is 3. The molecule has 3 aliphatic heterocycles. The van der Waals surface area contributed by atoms with Crippen LogP contribution in [-0.2, 0) is 14.4 Å². The van der Waals surface area contributed by atoms with Crippen molar-refractivity contribution in [2.24, 2.45) is 5.16 Å². The first-order valence-corrected chi connectivity index (χ1v) is 11.7. The fraction of sp³-hybridized carbons (Fsp3) is 0.400. The van der Waals surface area contributed by atoms with Gasteiger partial charge in [0.05, 0.1) is 17.9 Å². The zero-order valence-corrected chi connectivity index (χ0v) is 19.4. The van der Waals surface area contributed by atoms with Crippen LogP contribution in [0.2, 0.25) is 0 Å². The van der Waals surface area contributed by atoms with Crippen molar-refractivity contribution in [2.45, 2.75) is 25.6 Å². The Balaban J connectivity index is 1.16. The Morgan fingerprint density at radius 3 is 2.63 bits per heavy atom. The summed E-state index contributed by atoms with van der Waals surface area (Å²) < 4.78 is 26.5. The third-order valence-corrected chi connectivity index (χ3v) is 6.31. The number of ether oxygens (including phenoxy) is 2. The number of piperazine rings is 1. The van der Waals surface area contributed by atoms with Gasteiger partial charge in [-0.2, -0.15) is 0 Å². The first kappa shape index (κ1) is 22.9. The monoisotopic (exact) mass is 482 g/mol. The Bertz CT molecular complexity index is 1150. The predicted molar refractivity (Wildman–Crippen MR) is 126 cm³/mol. The molecule has 5 rings (SSSR count). The average Bonchev–Trinajstić information content (AvgIpc) is 3.36. The average molecular weight is 483 g/mol. The molecular weight excluding hydrogens is 455 g/mol. The first-order valence-electron chi connectivity index (χ1n) is 11.7. The van der Waals surface area contributed by atoms with Gasteiger partial charge in [-0.3, -0.25) is 9.59 Å². The molecule has 0 saturated carbocycles. The van der Waals surface area contributed by atoms with Gasteiger partial charge in [0.1, 0.15) is 18.5 Å². The minimum atomic E-state index is -0.684. The highest BCUT2D eigenvalue weighted by molar-refractivity contribution is 6.01. The van der Waals surface area contributed by atoms with E-state index in [0.717, 1.165) is 0 Å². The van der Waals surface area contributed by atoms with Gasteiger partial charge in [0, 0.05) is 45.1 Å². The molecule has 0 aromatic heterocycles. The Morgan fingerprint density at radius 1 is 1.11 bits per heavy atom. The Hall–Kier alpha value is -3.82. The van der Waals surface area contributed by atoms with E-state index in [1.54, 1.807) is 17.0 Å². The van der Waals surface area contributed by atoms with E-state index in [1.807, 2.05) is 29.2 Å². The van der Waals surface area contributed by atoms with Crippen LogP contribution in [0.25, 0.3) is 0 Å². The van der Waals surface area contributed by atoms with Crippen LogP contribution in [0.1, 0.15) is 18.9 Å². The standard InChI is InChI=1S/C25H27FN4O5/c1-16(31)27-14-18-13-20(28-35-18)17-6-7-21(19(26)12-17)29-8-10-30(11-9-29)25(32)24-15-33-22-4-2-3-5-23(22)34-24/h2-7,12,18,24H,8-11,13-15H2,1H3,(H,27,31). The number of oxime groups is 1. The summed E-state index contributed by atoms with van der Waals surface area (Å²) in [4.78, 5) is 33.0. The molecule has 0 radical (unpaired) electrons.